The van der Waals surface area contributed by atoms with Crippen LogP contribution in [-0.2, 0) is 6.54 Å². The predicted octanol–water partition coefficient (Wildman–Crippen LogP) is 3.42. The molecule has 32 heavy (non-hydrogen) atoms. The summed E-state index contributed by atoms with van der Waals surface area (Å²) >= 11 is 0. The zero-order valence-electron chi connectivity index (χ0n) is 17.8. The van der Waals surface area contributed by atoms with Crippen molar-refractivity contribution in [2.75, 3.05) is 13.2 Å². The minimum absolute atomic E-state index is 0.200. The number of ether oxygens (including phenoxy) is 2. The lowest BCUT2D eigenvalue weighted by molar-refractivity contribution is 0.0624. The molecule has 2 aliphatic rings. The van der Waals surface area contributed by atoms with Gasteiger partial charge in [-0.15, -0.1) is 0 Å². The third-order valence-electron chi connectivity index (χ3n) is 6.01. The Morgan fingerprint density at radius 1 is 0.969 bits per heavy atom. The van der Waals surface area contributed by atoms with Crippen molar-refractivity contribution in [3.8, 4) is 11.5 Å². The maximum Gasteiger partial charge on any atom is 0.261 e. The lowest BCUT2D eigenvalue weighted by Crippen LogP contribution is -2.35. The van der Waals surface area contributed by atoms with Gasteiger partial charge in [0.05, 0.1) is 24.2 Å². The lowest BCUT2D eigenvalue weighted by atomic mass is 10.1. The van der Waals surface area contributed by atoms with E-state index in [2.05, 4.69) is 0 Å². The van der Waals surface area contributed by atoms with E-state index < -0.39 is 11.8 Å². The smallest absolute Gasteiger partial charge is 0.261 e. The molecule has 0 aliphatic carbocycles. The zero-order chi connectivity index (χ0) is 22.4. The number of hydrogen-bond acceptors (Lipinski definition) is 5. The van der Waals surface area contributed by atoms with Crippen LogP contribution >= 0.6 is 0 Å². The molecule has 2 amide bonds. The van der Waals surface area contributed by atoms with Crippen molar-refractivity contribution in [1.82, 2.24) is 9.47 Å². The number of amides is 2. The highest BCUT2D eigenvalue weighted by molar-refractivity contribution is 6.23. The molecule has 2 aliphatic heterocycles. The third kappa shape index (κ3) is 3.26. The van der Waals surface area contributed by atoms with E-state index in [4.69, 9.17) is 9.47 Å². The topological polar surface area (TPSA) is 77.8 Å². The van der Waals surface area contributed by atoms with Crippen LogP contribution in [0.1, 0.15) is 42.5 Å². The Hall–Kier alpha value is -3.87. The van der Waals surface area contributed by atoms with Crippen LogP contribution in [-0.4, -0.2) is 46.3 Å². The number of imide groups is 1. The van der Waals surface area contributed by atoms with Gasteiger partial charge in [0.25, 0.3) is 11.8 Å². The Labute approximate surface area is 185 Å². The number of hydrogen-bond donors (Lipinski definition) is 0. The first kappa shape index (κ1) is 20.1. The van der Waals surface area contributed by atoms with Gasteiger partial charge in [0.1, 0.15) is 6.61 Å². The van der Waals surface area contributed by atoms with E-state index in [9.17, 15) is 14.4 Å². The average molecular weight is 430 g/mol. The van der Waals surface area contributed by atoms with Crippen LogP contribution < -0.4 is 9.47 Å². The number of para-hydroxylation sites is 2. The standard InChI is InChI=1S/C25H22N2O5/c1-15-11-20(21(28)13-27-24(29)18-7-3-4-8-19(18)25(27)30)16(2)26(15)12-17-14-31-22-9-5-6-10-23(22)32-17/h3-11,17H,12-14H2,1-2H3/t17-/m1/s1. The summed E-state index contributed by atoms with van der Waals surface area (Å²) in [6.07, 6.45) is -0.200. The van der Waals surface area contributed by atoms with Crippen LogP contribution in [0.2, 0.25) is 0 Å². The highest BCUT2D eigenvalue weighted by Crippen LogP contribution is 2.32. The summed E-state index contributed by atoms with van der Waals surface area (Å²) in [5.74, 6) is 0.290. The zero-order valence-corrected chi connectivity index (χ0v) is 17.8. The minimum atomic E-state index is -0.431. The maximum atomic E-state index is 13.1. The molecule has 162 valence electrons. The molecule has 3 heterocycles. The molecule has 3 aromatic rings. The minimum Gasteiger partial charge on any atom is -0.486 e. The number of aryl methyl sites for hydroxylation is 1. The van der Waals surface area contributed by atoms with E-state index in [1.165, 1.54) is 0 Å². The normalized spacial score (nSPS) is 16.9. The summed E-state index contributed by atoms with van der Waals surface area (Å²) in [5.41, 5.74) is 2.84. The summed E-state index contributed by atoms with van der Waals surface area (Å²) in [6.45, 7) is 4.43. The van der Waals surface area contributed by atoms with Gasteiger partial charge in [-0.3, -0.25) is 19.3 Å². The molecule has 0 radical (unpaired) electrons. The van der Waals surface area contributed by atoms with Crippen LogP contribution in [0.25, 0.3) is 0 Å². The molecule has 7 heteroatoms. The second-order valence-electron chi connectivity index (χ2n) is 8.06. The van der Waals surface area contributed by atoms with Crippen molar-refractivity contribution in [2.24, 2.45) is 0 Å². The van der Waals surface area contributed by atoms with Crippen molar-refractivity contribution in [1.29, 1.82) is 0 Å². The predicted molar refractivity (Wildman–Crippen MR) is 116 cm³/mol. The molecule has 1 aromatic heterocycles. The number of fused-ring (bicyclic) bond motifs is 2. The number of rotatable bonds is 5. The summed E-state index contributed by atoms with van der Waals surface area (Å²) < 4.78 is 13.9. The van der Waals surface area contributed by atoms with Crippen molar-refractivity contribution in [3.63, 3.8) is 0 Å². The van der Waals surface area contributed by atoms with E-state index >= 15 is 0 Å². The first-order chi connectivity index (χ1) is 15.4. The Balaban J connectivity index is 1.33. The lowest BCUT2D eigenvalue weighted by Gasteiger charge is -2.27. The Bertz CT molecular complexity index is 1220. The van der Waals surface area contributed by atoms with Gasteiger partial charge in [-0.2, -0.15) is 0 Å². The molecule has 0 bridgehead atoms. The van der Waals surface area contributed by atoms with Gasteiger partial charge < -0.3 is 14.0 Å². The molecule has 0 saturated carbocycles. The first-order valence-electron chi connectivity index (χ1n) is 10.5. The van der Waals surface area contributed by atoms with Crippen LogP contribution in [0.5, 0.6) is 11.5 Å². The number of aromatic nitrogens is 1. The molecular formula is C25H22N2O5. The number of ketones is 1. The Kier molecular flexibility index (Phi) is 4.81. The van der Waals surface area contributed by atoms with E-state index in [1.807, 2.05) is 42.7 Å². The molecule has 5 rings (SSSR count). The van der Waals surface area contributed by atoms with Gasteiger partial charge in [-0.25, -0.2) is 0 Å². The second-order valence-corrected chi connectivity index (χ2v) is 8.06. The maximum absolute atomic E-state index is 13.1. The number of Topliss-reactive ketones (excluding diaryl/α,β-unsaturated/α-hetero) is 1. The SMILES string of the molecule is Cc1cc(C(=O)CN2C(=O)c3ccccc3C2=O)c(C)n1C[C@@H]1COc2ccccc2O1. The monoisotopic (exact) mass is 430 g/mol. The number of carbonyl (C=O) groups excluding carboxylic acids is 3. The summed E-state index contributed by atoms with van der Waals surface area (Å²) in [5, 5.41) is 0. The van der Waals surface area contributed by atoms with Crippen molar-refractivity contribution in [2.45, 2.75) is 26.5 Å². The summed E-state index contributed by atoms with van der Waals surface area (Å²) in [7, 11) is 0. The van der Waals surface area contributed by atoms with Gasteiger partial charge >= 0.3 is 0 Å². The highest BCUT2D eigenvalue weighted by atomic mass is 16.6. The fraction of sp³-hybridized carbons (Fsp3) is 0.240. The fourth-order valence-electron chi connectivity index (χ4n) is 4.33. The number of benzene rings is 2. The molecule has 2 aromatic carbocycles. The van der Waals surface area contributed by atoms with Gasteiger partial charge in [-0.1, -0.05) is 24.3 Å². The highest BCUT2D eigenvalue weighted by Gasteiger charge is 2.37. The van der Waals surface area contributed by atoms with Crippen molar-refractivity contribution in [3.05, 3.63) is 82.7 Å². The molecule has 0 fully saturated rings. The van der Waals surface area contributed by atoms with Gasteiger partial charge in [0.15, 0.2) is 23.4 Å². The fourth-order valence-corrected chi connectivity index (χ4v) is 4.33. The first-order valence-corrected chi connectivity index (χ1v) is 10.5. The van der Waals surface area contributed by atoms with E-state index in [0.717, 1.165) is 22.0 Å². The van der Waals surface area contributed by atoms with Crippen LogP contribution in [0.4, 0.5) is 0 Å². The van der Waals surface area contributed by atoms with Crippen LogP contribution in [0.3, 0.4) is 0 Å². The van der Waals surface area contributed by atoms with Gasteiger partial charge in [0.2, 0.25) is 0 Å². The Morgan fingerprint density at radius 3 is 2.28 bits per heavy atom. The van der Waals surface area contributed by atoms with E-state index in [1.54, 1.807) is 30.3 Å². The largest absolute Gasteiger partial charge is 0.486 e. The second kappa shape index (κ2) is 7.67. The number of nitrogens with zero attached hydrogens (tertiary/aromatic N) is 2. The van der Waals surface area contributed by atoms with E-state index in [-0.39, 0.29) is 18.4 Å². The average Bonchev–Trinajstić information content (AvgIpc) is 3.22. The molecular weight excluding hydrogens is 408 g/mol. The molecule has 0 unspecified atom stereocenters. The Morgan fingerprint density at radius 2 is 1.59 bits per heavy atom. The molecule has 0 N–H and O–H groups in total. The van der Waals surface area contributed by atoms with Gasteiger partial charge in [-0.05, 0) is 44.2 Å². The van der Waals surface area contributed by atoms with Crippen molar-refractivity contribution >= 4 is 17.6 Å². The third-order valence-corrected chi connectivity index (χ3v) is 6.01. The van der Waals surface area contributed by atoms with Gasteiger partial charge in [0, 0.05) is 17.0 Å². The van der Waals surface area contributed by atoms with E-state index in [0.29, 0.717) is 35.6 Å². The van der Waals surface area contributed by atoms with Crippen molar-refractivity contribution < 1.29 is 23.9 Å². The van der Waals surface area contributed by atoms with Crippen LogP contribution in [0.15, 0.2) is 54.6 Å². The number of carbonyl (C=O) groups is 3. The molecule has 1 atom stereocenters. The van der Waals surface area contributed by atoms with Crippen LogP contribution in [0, 0.1) is 13.8 Å². The summed E-state index contributed by atoms with van der Waals surface area (Å²) in [6, 6.07) is 16.0. The summed E-state index contributed by atoms with van der Waals surface area (Å²) in [4.78, 5) is 39.3. The quantitative estimate of drug-likeness (QED) is 0.458. The molecule has 7 nitrogen and oxygen atoms in total. The molecule has 0 spiro atoms. The molecule has 0 saturated heterocycles.